The van der Waals surface area contributed by atoms with Gasteiger partial charge in [-0.05, 0) is 48.2 Å². The minimum atomic E-state index is -0.153. The molecule has 176 valence electrons. The second-order valence-electron chi connectivity index (χ2n) is 8.55. The minimum Gasteiger partial charge on any atom is -0.469 e. The molecule has 0 aliphatic carbocycles. The van der Waals surface area contributed by atoms with Crippen LogP contribution in [0.4, 0.5) is 4.79 Å². The van der Waals surface area contributed by atoms with Gasteiger partial charge in [0, 0.05) is 39.5 Å². The molecule has 2 fully saturated rings. The predicted molar refractivity (Wildman–Crippen MR) is 139 cm³/mol. The van der Waals surface area contributed by atoms with E-state index in [1.807, 2.05) is 36.0 Å². The number of urea groups is 1. The number of carbonyl (C=O) groups excluding carboxylic acids is 2. The zero-order valence-corrected chi connectivity index (χ0v) is 22.6. The van der Waals surface area contributed by atoms with Crippen molar-refractivity contribution in [2.24, 2.45) is 0 Å². The molecule has 2 aliphatic rings. The van der Waals surface area contributed by atoms with Crippen molar-refractivity contribution < 1.29 is 14.3 Å². The number of hydrogen-bond donors (Lipinski definition) is 0. The molecule has 0 bridgehead atoms. The van der Waals surface area contributed by atoms with E-state index in [9.17, 15) is 9.59 Å². The summed E-state index contributed by atoms with van der Waals surface area (Å²) in [7, 11) is 1.43. The number of esters is 1. The predicted octanol–water partition coefficient (Wildman–Crippen LogP) is 6.24. The summed E-state index contributed by atoms with van der Waals surface area (Å²) in [6.07, 6.45) is 3.23. The zero-order chi connectivity index (χ0) is 23.4. The number of thioether (sulfide) groups is 1. The van der Waals surface area contributed by atoms with Gasteiger partial charge in [0.2, 0.25) is 0 Å². The van der Waals surface area contributed by atoms with E-state index in [2.05, 4.69) is 65.9 Å². The SMILES string of the molecule is COC(=O)CCCC[C@@H]1SC[C@H]2[C@@H]1N(Cc1cccc(Br)c1)C(=O)N2Cc1cccc(Br)c1. The number of carbonyl (C=O) groups is 2. The molecule has 0 N–H and O–H groups in total. The monoisotopic (exact) mass is 594 g/mol. The molecule has 0 aromatic heterocycles. The highest BCUT2D eigenvalue weighted by atomic mass is 79.9. The molecule has 33 heavy (non-hydrogen) atoms. The molecule has 8 heteroatoms. The Balaban J connectivity index is 1.52. The van der Waals surface area contributed by atoms with Crippen LogP contribution in [-0.2, 0) is 22.6 Å². The van der Waals surface area contributed by atoms with Crippen LogP contribution in [0.5, 0.6) is 0 Å². The maximum absolute atomic E-state index is 13.7. The highest BCUT2D eigenvalue weighted by Crippen LogP contribution is 2.43. The fourth-order valence-electron chi connectivity index (χ4n) is 4.78. The molecule has 3 atom stereocenters. The van der Waals surface area contributed by atoms with Gasteiger partial charge in [0.25, 0.3) is 0 Å². The number of methoxy groups -OCH3 is 1. The van der Waals surface area contributed by atoms with Crippen LogP contribution in [0.3, 0.4) is 0 Å². The Kier molecular flexibility index (Phi) is 8.41. The molecule has 0 spiro atoms. The van der Waals surface area contributed by atoms with Gasteiger partial charge < -0.3 is 14.5 Å². The van der Waals surface area contributed by atoms with Gasteiger partial charge in [-0.2, -0.15) is 11.8 Å². The van der Waals surface area contributed by atoms with Crippen molar-refractivity contribution in [1.29, 1.82) is 0 Å². The highest BCUT2D eigenvalue weighted by Gasteiger charge is 2.52. The molecule has 2 aromatic rings. The van der Waals surface area contributed by atoms with E-state index in [4.69, 9.17) is 4.74 Å². The molecule has 2 amide bonds. The Morgan fingerprint density at radius 3 is 2.27 bits per heavy atom. The summed E-state index contributed by atoms with van der Waals surface area (Å²) in [5.74, 6) is 0.792. The van der Waals surface area contributed by atoms with Crippen molar-refractivity contribution in [3.05, 3.63) is 68.6 Å². The molecule has 4 rings (SSSR count). The lowest BCUT2D eigenvalue weighted by Gasteiger charge is -2.27. The van der Waals surface area contributed by atoms with E-state index >= 15 is 0 Å². The average Bonchev–Trinajstić information content (AvgIpc) is 3.31. The number of halogens is 2. The third-order valence-corrected chi connectivity index (χ3v) is 8.80. The summed E-state index contributed by atoms with van der Waals surface area (Å²) in [6, 6.07) is 16.9. The third-order valence-electron chi connectivity index (χ3n) is 6.34. The van der Waals surface area contributed by atoms with Crippen LogP contribution in [0, 0.1) is 0 Å². The van der Waals surface area contributed by atoms with Crippen LogP contribution in [0.1, 0.15) is 36.8 Å². The molecule has 2 saturated heterocycles. The molecule has 2 heterocycles. The second kappa shape index (κ2) is 11.3. The summed E-state index contributed by atoms with van der Waals surface area (Å²) in [5, 5.41) is 0.372. The number of hydrogen-bond acceptors (Lipinski definition) is 4. The van der Waals surface area contributed by atoms with E-state index in [0.29, 0.717) is 24.8 Å². The summed E-state index contributed by atoms with van der Waals surface area (Å²) < 4.78 is 6.82. The van der Waals surface area contributed by atoms with Crippen molar-refractivity contribution in [2.75, 3.05) is 12.9 Å². The lowest BCUT2D eigenvalue weighted by atomic mass is 10.0. The summed E-state index contributed by atoms with van der Waals surface area (Å²) in [5.41, 5.74) is 2.26. The highest BCUT2D eigenvalue weighted by molar-refractivity contribution is 9.10. The van der Waals surface area contributed by atoms with Gasteiger partial charge >= 0.3 is 12.0 Å². The third kappa shape index (κ3) is 5.95. The van der Waals surface area contributed by atoms with E-state index < -0.39 is 0 Å². The number of ether oxygens (including phenoxy) is 1. The van der Waals surface area contributed by atoms with E-state index in [1.54, 1.807) is 0 Å². The van der Waals surface area contributed by atoms with Crippen molar-refractivity contribution in [3.8, 4) is 0 Å². The molecular formula is C25H28Br2N2O3S. The van der Waals surface area contributed by atoms with Crippen LogP contribution in [0.2, 0.25) is 0 Å². The van der Waals surface area contributed by atoms with Crippen molar-refractivity contribution >= 4 is 55.6 Å². The van der Waals surface area contributed by atoms with E-state index in [0.717, 1.165) is 45.1 Å². The Bertz CT molecular complexity index is 1010. The first-order valence-electron chi connectivity index (χ1n) is 11.2. The maximum atomic E-state index is 13.7. The summed E-state index contributed by atoms with van der Waals surface area (Å²) in [4.78, 5) is 29.3. The van der Waals surface area contributed by atoms with Crippen LogP contribution < -0.4 is 0 Å². The van der Waals surface area contributed by atoms with Gasteiger partial charge in [-0.25, -0.2) is 4.79 Å². The van der Waals surface area contributed by atoms with Gasteiger partial charge in [-0.1, -0.05) is 62.5 Å². The van der Waals surface area contributed by atoms with Crippen molar-refractivity contribution in [3.63, 3.8) is 0 Å². The van der Waals surface area contributed by atoms with Gasteiger partial charge in [0.1, 0.15) is 0 Å². The topological polar surface area (TPSA) is 49.9 Å². The maximum Gasteiger partial charge on any atom is 0.321 e. The number of rotatable bonds is 9. The van der Waals surface area contributed by atoms with Gasteiger partial charge in [0.05, 0.1) is 19.2 Å². The van der Waals surface area contributed by atoms with Crippen LogP contribution >= 0.6 is 43.6 Å². The first kappa shape index (κ1) is 24.6. The fraction of sp³-hybridized carbons (Fsp3) is 0.440. The lowest BCUT2D eigenvalue weighted by molar-refractivity contribution is -0.140. The van der Waals surface area contributed by atoms with Gasteiger partial charge in [-0.15, -0.1) is 0 Å². The summed E-state index contributed by atoms with van der Waals surface area (Å²) in [6.45, 7) is 1.22. The fourth-order valence-corrected chi connectivity index (χ4v) is 7.35. The van der Waals surface area contributed by atoms with Crippen molar-refractivity contribution in [1.82, 2.24) is 9.80 Å². The Morgan fingerprint density at radius 2 is 1.67 bits per heavy atom. The number of amides is 2. The standard InChI is InChI=1S/C25H28Br2N2O3S/c1-32-23(30)11-3-2-10-22-24-21(16-33-22)28(14-17-6-4-8-19(26)12-17)25(31)29(24)15-18-7-5-9-20(27)13-18/h4-9,12-13,21-22,24H,2-3,10-11,14-16H2,1H3/t21-,22-,24-/m0/s1. The van der Waals surface area contributed by atoms with Crippen molar-refractivity contribution in [2.45, 2.75) is 56.1 Å². The zero-order valence-electron chi connectivity index (χ0n) is 18.6. The molecule has 2 aliphatic heterocycles. The van der Waals surface area contributed by atoms with Crippen LogP contribution in [0.15, 0.2) is 57.5 Å². The van der Waals surface area contributed by atoms with Crippen LogP contribution in [-0.4, -0.2) is 52.0 Å². The molecule has 0 saturated carbocycles. The molecule has 0 unspecified atom stereocenters. The normalized spacial score (nSPS) is 22.0. The smallest absolute Gasteiger partial charge is 0.321 e. The number of benzene rings is 2. The Labute approximate surface area is 216 Å². The molecule has 5 nitrogen and oxygen atoms in total. The van der Waals surface area contributed by atoms with Gasteiger partial charge in [0.15, 0.2) is 0 Å². The Hall–Kier alpha value is -1.51. The van der Waals surface area contributed by atoms with E-state index in [-0.39, 0.29) is 24.1 Å². The second-order valence-corrected chi connectivity index (χ2v) is 11.7. The number of fused-ring (bicyclic) bond motifs is 1. The summed E-state index contributed by atoms with van der Waals surface area (Å²) >= 11 is 9.07. The lowest BCUT2D eigenvalue weighted by Crippen LogP contribution is -2.40. The van der Waals surface area contributed by atoms with E-state index in [1.165, 1.54) is 7.11 Å². The first-order chi connectivity index (χ1) is 16.0. The minimum absolute atomic E-state index is 0.116. The molecule has 0 radical (unpaired) electrons. The quantitative estimate of drug-likeness (QED) is 0.196. The molecular weight excluding hydrogens is 568 g/mol. The van der Waals surface area contributed by atoms with Gasteiger partial charge in [-0.3, -0.25) is 4.79 Å². The number of unbranched alkanes of at least 4 members (excludes halogenated alkanes) is 1. The average molecular weight is 596 g/mol. The van der Waals surface area contributed by atoms with Crippen LogP contribution in [0.25, 0.3) is 0 Å². The number of nitrogens with zero attached hydrogens (tertiary/aromatic N) is 2. The Morgan fingerprint density at radius 1 is 1.03 bits per heavy atom. The first-order valence-corrected chi connectivity index (χ1v) is 13.8. The molecule has 2 aromatic carbocycles. The largest absolute Gasteiger partial charge is 0.469 e.